The minimum absolute atomic E-state index is 0.0611. The van der Waals surface area contributed by atoms with E-state index in [2.05, 4.69) is 0 Å². The van der Waals surface area contributed by atoms with Gasteiger partial charge in [-0.05, 0) is 43.0 Å². The molecular formula is C14H18ClFO2. The van der Waals surface area contributed by atoms with Gasteiger partial charge in [-0.25, -0.2) is 4.39 Å². The minimum Gasteiger partial charge on any atom is -0.389 e. The molecule has 0 bridgehead atoms. The van der Waals surface area contributed by atoms with E-state index in [4.69, 9.17) is 16.3 Å². The van der Waals surface area contributed by atoms with Crippen LogP contribution < -0.4 is 0 Å². The first-order valence-electron chi connectivity index (χ1n) is 6.21. The lowest BCUT2D eigenvalue weighted by Crippen LogP contribution is -2.40. The summed E-state index contributed by atoms with van der Waals surface area (Å²) < 4.78 is 19.0. The van der Waals surface area contributed by atoms with Crippen molar-refractivity contribution < 1.29 is 14.2 Å². The van der Waals surface area contributed by atoms with Gasteiger partial charge in [0.2, 0.25) is 0 Å². The van der Waals surface area contributed by atoms with Gasteiger partial charge in [-0.3, -0.25) is 0 Å². The van der Waals surface area contributed by atoms with Crippen molar-refractivity contribution in [1.82, 2.24) is 0 Å². The van der Waals surface area contributed by atoms with E-state index in [0.29, 0.717) is 29.8 Å². The van der Waals surface area contributed by atoms with Crippen LogP contribution in [-0.2, 0) is 11.2 Å². The average Bonchev–Trinajstić information content (AvgIpc) is 2.33. The highest BCUT2D eigenvalue weighted by atomic mass is 35.5. The SMILES string of the molecule is COC1CCCC(O)(Cc2cc(Cl)ccc2F)C1. The maximum atomic E-state index is 13.7. The molecule has 0 saturated heterocycles. The molecule has 2 rings (SSSR count). The third kappa shape index (κ3) is 3.22. The standard InChI is InChI=1S/C14H18ClFO2/c1-18-12-3-2-6-14(17,9-12)8-10-7-11(15)4-5-13(10)16/h4-5,7,12,17H,2-3,6,8-9H2,1H3. The molecule has 18 heavy (non-hydrogen) atoms. The van der Waals surface area contributed by atoms with Crippen molar-refractivity contribution in [2.24, 2.45) is 0 Å². The fraction of sp³-hybridized carbons (Fsp3) is 0.571. The number of halogens is 2. The molecule has 1 saturated carbocycles. The molecule has 2 atom stereocenters. The summed E-state index contributed by atoms with van der Waals surface area (Å²) in [6, 6.07) is 4.45. The van der Waals surface area contributed by atoms with Crippen molar-refractivity contribution in [2.75, 3.05) is 7.11 Å². The topological polar surface area (TPSA) is 29.5 Å². The van der Waals surface area contributed by atoms with Gasteiger partial charge in [0.05, 0.1) is 11.7 Å². The van der Waals surface area contributed by atoms with Crippen LogP contribution in [0.5, 0.6) is 0 Å². The summed E-state index contributed by atoms with van der Waals surface area (Å²) in [5, 5.41) is 11.0. The van der Waals surface area contributed by atoms with Crippen LogP contribution in [0.25, 0.3) is 0 Å². The van der Waals surface area contributed by atoms with E-state index >= 15 is 0 Å². The van der Waals surface area contributed by atoms with Gasteiger partial charge in [0, 0.05) is 25.0 Å². The van der Waals surface area contributed by atoms with Crippen LogP contribution in [0.15, 0.2) is 18.2 Å². The summed E-state index contributed by atoms with van der Waals surface area (Å²) in [6.07, 6.45) is 3.44. The number of methoxy groups -OCH3 is 1. The molecule has 1 N–H and O–H groups in total. The Bertz CT molecular complexity index is 424. The quantitative estimate of drug-likeness (QED) is 0.914. The summed E-state index contributed by atoms with van der Waals surface area (Å²) in [4.78, 5) is 0. The zero-order valence-corrected chi connectivity index (χ0v) is 11.2. The highest BCUT2D eigenvalue weighted by Crippen LogP contribution is 2.33. The number of ether oxygens (including phenoxy) is 1. The van der Waals surface area contributed by atoms with E-state index in [9.17, 15) is 9.50 Å². The van der Waals surface area contributed by atoms with Crippen LogP contribution in [0.4, 0.5) is 4.39 Å². The Balaban J connectivity index is 2.14. The summed E-state index contributed by atoms with van der Waals surface area (Å²) in [5.41, 5.74) is -0.411. The summed E-state index contributed by atoms with van der Waals surface area (Å²) >= 11 is 5.86. The average molecular weight is 273 g/mol. The lowest BCUT2D eigenvalue weighted by atomic mass is 9.79. The molecule has 0 heterocycles. The van der Waals surface area contributed by atoms with E-state index in [1.807, 2.05) is 0 Å². The number of rotatable bonds is 3. The van der Waals surface area contributed by atoms with Crippen LogP contribution in [-0.4, -0.2) is 23.9 Å². The zero-order chi connectivity index (χ0) is 13.2. The Kier molecular flexibility index (Phi) is 4.25. The molecule has 0 spiro atoms. The molecule has 1 aromatic carbocycles. The van der Waals surface area contributed by atoms with Gasteiger partial charge in [0.1, 0.15) is 5.82 Å². The Hall–Kier alpha value is -0.640. The second-order valence-corrected chi connectivity index (χ2v) is 5.53. The minimum atomic E-state index is -0.884. The fourth-order valence-corrected chi connectivity index (χ4v) is 2.88. The molecule has 2 unspecified atom stereocenters. The molecule has 0 aromatic heterocycles. The third-order valence-electron chi connectivity index (χ3n) is 3.64. The molecule has 0 aliphatic heterocycles. The van der Waals surface area contributed by atoms with Gasteiger partial charge >= 0.3 is 0 Å². The molecule has 0 radical (unpaired) electrons. The Morgan fingerprint density at radius 2 is 2.33 bits per heavy atom. The molecular weight excluding hydrogens is 255 g/mol. The first-order valence-corrected chi connectivity index (χ1v) is 6.59. The number of hydrogen-bond acceptors (Lipinski definition) is 2. The first kappa shape index (κ1) is 13.8. The van der Waals surface area contributed by atoms with Crippen molar-refractivity contribution in [2.45, 2.75) is 43.8 Å². The van der Waals surface area contributed by atoms with E-state index in [0.717, 1.165) is 12.8 Å². The maximum absolute atomic E-state index is 13.7. The van der Waals surface area contributed by atoms with E-state index < -0.39 is 5.60 Å². The van der Waals surface area contributed by atoms with E-state index in [1.165, 1.54) is 12.1 Å². The molecule has 100 valence electrons. The molecule has 1 fully saturated rings. The first-order chi connectivity index (χ1) is 8.52. The Morgan fingerprint density at radius 1 is 1.56 bits per heavy atom. The predicted octanol–water partition coefficient (Wildman–Crippen LogP) is 3.34. The van der Waals surface area contributed by atoms with Gasteiger partial charge in [0.15, 0.2) is 0 Å². The van der Waals surface area contributed by atoms with Crippen LogP contribution in [0.3, 0.4) is 0 Å². The van der Waals surface area contributed by atoms with Gasteiger partial charge in [-0.1, -0.05) is 11.6 Å². The Labute approximate surface area is 112 Å². The van der Waals surface area contributed by atoms with Gasteiger partial charge in [-0.2, -0.15) is 0 Å². The second kappa shape index (κ2) is 5.55. The van der Waals surface area contributed by atoms with Crippen LogP contribution in [0, 0.1) is 5.82 Å². The fourth-order valence-electron chi connectivity index (χ4n) is 2.68. The summed E-state index contributed by atoms with van der Waals surface area (Å²) in [6.45, 7) is 0. The summed E-state index contributed by atoms with van der Waals surface area (Å²) in [7, 11) is 1.65. The largest absolute Gasteiger partial charge is 0.389 e. The zero-order valence-electron chi connectivity index (χ0n) is 10.5. The predicted molar refractivity (Wildman–Crippen MR) is 69.3 cm³/mol. The lowest BCUT2D eigenvalue weighted by molar-refractivity contribution is -0.0585. The summed E-state index contributed by atoms with van der Waals surface area (Å²) in [5.74, 6) is -0.313. The van der Waals surface area contributed by atoms with Crippen LogP contribution in [0.1, 0.15) is 31.2 Å². The van der Waals surface area contributed by atoms with Crippen LogP contribution in [0.2, 0.25) is 5.02 Å². The molecule has 2 nitrogen and oxygen atoms in total. The third-order valence-corrected chi connectivity index (χ3v) is 3.87. The molecule has 1 aliphatic carbocycles. The van der Waals surface area contributed by atoms with Gasteiger partial charge < -0.3 is 9.84 Å². The van der Waals surface area contributed by atoms with Crippen molar-refractivity contribution in [3.05, 3.63) is 34.6 Å². The van der Waals surface area contributed by atoms with Crippen molar-refractivity contribution >= 4 is 11.6 Å². The van der Waals surface area contributed by atoms with Crippen molar-refractivity contribution in [3.8, 4) is 0 Å². The monoisotopic (exact) mass is 272 g/mol. The molecule has 4 heteroatoms. The second-order valence-electron chi connectivity index (χ2n) is 5.09. The smallest absolute Gasteiger partial charge is 0.126 e. The van der Waals surface area contributed by atoms with E-state index in [-0.39, 0.29) is 11.9 Å². The number of benzene rings is 1. The van der Waals surface area contributed by atoms with Gasteiger partial charge in [0.25, 0.3) is 0 Å². The molecule has 0 amide bonds. The highest BCUT2D eigenvalue weighted by Gasteiger charge is 2.35. The van der Waals surface area contributed by atoms with Crippen molar-refractivity contribution in [1.29, 1.82) is 0 Å². The normalized spacial score (nSPS) is 28.3. The van der Waals surface area contributed by atoms with Crippen LogP contribution >= 0.6 is 11.6 Å². The number of aliphatic hydroxyl groups is 1. The van der Waals surface area contributed by atoms with Gasteiger partial charge in [-0.15, -0.1) is 0 Å². The maximum Gasteiger partial charge on any atom is 0.126 e. The molecule has 1 aliphatic rings. The highest BCUT2D eigenvalue weighted by molar-refractivity contribution is 6.30. The lowest BCUT2D eigenvalue weighted by Gasteiger charge is -2.36. The number of hydrogen-bond donors (Lipinski definition) is 1. The molecule has 1 aromatic rings. The Morgan fingerprint density at radius 3 is 3.06 bits per heavy atom. The van der Waals surface area contributed by atoms with Crippen molar-refractivity contribution in [3.63, 3.8) is 0 Å². The van der Waals surface area contributed by atoms with E-state index in [1.54, 1.807) is 13.2 Å².